The SMILES string of the molecule is O=P(O)(O)CP(=O)(O)OC[C@H]1O[C@@H](n2cnc3c(NC45CC6CC(CC(C6)C4)C5)nc(Cl)nc32)C(O)[C@H]1O. The molecule has 6 N–H and O–H groups in total. The Kier molecular flexibility index (Phi) is 6.71. The van der Waals surface area contributed by atoms with Gasteiger partial charge in [-0.1, -0.05) is 0 Å². The molecule has 0 spiro atoms. The third-order valence-electron chi connectivity index (χ3n) is 8.23. The number of nitrogens with one attached hydrogen (secondary N) is 1. The van der Waals surface area contributed by atoms with Crippen molar-refractivity contribution in [2.24, 2.45) is 17.8 Å². The van der Waals surface area contributed by atoms with Crippen molar-refractivity contribution in [3.63, 3.8) is 0 Å². The summed E-state index contributed by atoms with van der Waals surface area (Å²) in [5.74, 6) is 1.23. The van der Waals surface area contributed by atoms with Gasteiger partial charge in [0.1, 0.15) is 18.3 Å². The number of aliphatic hydroxyl groups is 2. The Morgan fingerprint density at radius 1 is 1.08 bits per heavy atom. The lowest BCUT2D eigenvalue weighted by Gasteiger charge is -2.57. The van der Waals surface area contributed by atoms with Crippen molar-refractivity contribution < 1.29 is 43.3 Å². The molecule has 5 atom stereocenters. The third kappa shape index (κ3) is 5.16. The van der Waals surface area contributed by atoms with E-state index in [2.05, 4.69) is 20.3 Å². The fourth-order valence-corrected chi connectivity index (χ4v) is 9.97. The van der Waals surface area contributed by atoms with Crippen molar-refractivity contribution >= 4 is 43.8 Å². The standard InChI is InChI=1S/C21H30ClN5O9P2/c22-20-24-17(26-21-4-10-1-11(5-21)3-12(2-10)6-21)14-18(25-20)27(8-23-14)19-16(29)15(28)13(36-19)7-35-38(33,34)9-37(30,31)32/h8,10-13,15-16,19,28-29H,1-7,9H2,(H,33,34)(H,24,25,26)(H2,30,31,32)/t10?,11?,12?,13-,15+,16?,19-,21?/m1/s1. The summed E-state index contributed by atoms with van der Waals surface area (Å²) >= 11 is 6.29. The molecular weight excluding hydrogens is 564 g/mol. The quantitative estimate of drug-likeness (QED) is 0.191. The Labute approximate surface area is 222 Å². The molecule has 4 saturated carbocycles. The molecule has 5 aliphatic rings. The molecule has 0 radical (unpaired) electrons. The minimum absolute atomic E-state index is 0.0296. The van der Waals surface area contributed by atoms with Crippen LogP contribution in [0.15, 0.2) is 6.33 Å². The smallest absolute Gasteiger partial charge is 0.340 e. The van der Waals surface area contributed by atoms with Gasteiger partial charge in [-0.3, -0.25) is 13.7 Å². The van der Waals surface area contributed by atoms with Crippen LogP contribution in [0.25, 0.3) is 11.2 Å². The van der Waals surface area contributed by atoms with Crippen LogP contribution in [-0.2, 0) is 18.4 Å². The van der Waals surface area contributed by atoms with Crippen LogP contribution in [0.1, 0.15) is 44.8 Å². The van der Waals surface area contributed by atoms with E-state index in [-0.39, 0.29) is 16.5 Å². The zero-order valence-corrected chi connectivity index (χ0v) is 22.8. The van der Waals surface area contributed by atoms with Crippen LogP contribution in [0.2, 0.25) is 5.28 Å². The Morgan fingerprint density at radius 2 is 1.71 bits per heavy atom. The van der Waals surface area contributed by atoms with Crippen molar-refractivity contribution in [2.45, 2.75) is 68.6 Å². The Balaban J connectivity index is 1.23. The van der Waals surface area contributed by atoms with Gasteiger partial charge in [-0.2, -0.15) is 9.97 Å². The molecule has 1 aliphatic heterocycles. The Hall–Kier alpha value is -1.18. The average molecular weight is 594 g/mol. The number of ether oxygens (including phenoxy) is 1. The zero-order valence-electron chi connectivity index (χ0n) is 20.2. The maximum absolute atomic E-state index is 12.0. The van der Waals surface area contributed by atoms with E-state index in [0.717, 1.165) is 19.3 Å². The summed E-state index contributed by atoms with van der Waals surface area (Å²) in [5.41, 5.74) is 0.622. The van der Waals surface area contributed by atoms with E-state index in [1.807, 2.05) is 0 Å². The average Bonchev–Trinajstić information content (AvgIpc) is 3.30. The van der Waals surface area contributed by atoms with Gasteiger partial charge < -0.3 is 39.5 Å². The van der Waals surface area contributed by atoms with Gasteiger partial charge in [0.05, 0.1) is 12.9 Å². The van der Waals surface area contributed by atoms with E-state index in [9.17, 15) is 24.2 Å². The molecule has 2 aromatic heterocycles. The van der Waals surface area contributed by atoms with Crippen molar-refractivity contribution in [2.75, 3.05) is 17.8 Å². The minimum atomic E-state index is -4.82. The van der Waals surface area contributed by atoms with Crippen molar-refractivity contribution in [1.29, 1.82) is 0 Å². The summed E-state index contributed by atoms with van der Waals surface area (Å²) in [6.45, 7) is -0.691. The first-order chi connectivity index (χ1) is 17.8. The summed E-state index contributed by atoms with van der Waals surface area (Å²) in [4.78, 5) is 40.8. The minimum Gasteiger partial charge on any atom is -0.387 e. The second-order valence-electron chi connectivity index (χ2n) is 11.3. The first kappa shape index (κ1) is 27.0. The zero-order chi connectivity index (χ0) is 27.0. The molecule has 14 nitrogen and oxygen atoms in total. The first-order valence-electron chi connectivity index (χ1n) is 12.5. The molecule has 7 rings (SSSR count). The van der Waals surface area contributed by atoms with Gasteiger partial charge in [-0.05, 0) is 67.9 Å². The highest BCUT2D eigenvalue weighted by molar-refractivity contribution is 7.70. The summed E-state index contributed by atoms with van der Waals surface area (Å²) < 4.78 is 35.0. The summed E-state index contributed by atoms with van der Waals surface area (Å²) in [5, 5.41) is 24.8. The lowest BCUT2D eigenvalue weighted by atomic mass is 9.53. The van der Waals surface area contributed by atoms with Crippen LogP contribution in [-0.4, -0.2) is 80.8 Å². The molecular formula is C21H30ClN5O9P2. The van der Waals surface area contributed by atoms with Gasteiger partial charge in [-0.25, -0.2) is 4.98 Å². The topological polar surface area (TPSA) is 209 Å². The first-order valence-corrected chi connectivity index (χ1v) is 16.4. The molecule has 210 valence electrons. The van der Waals surface area contributed by atoms with E-state index < -0.39 is 52.2 Å². The number of imidazole rings is 1. The number of hydrogen-bond donors (Lipinski definition) is 6. The van der Waals surface area contributed by atoms with Gasteiger partial charge in [0.25, 0.3) is 0 Å². The maximum Gasteiger partial charge on any atom is 0.340 e. The molecule has 2 aromatic rings. The Bertz CT molecular complexity index is 1300. The molecule has 4 aliphatic carbocycles. The number of aliphatic hydroxyl groups excluding tert-OH is 2. The highest BCUT2D eigenvalue weighted by atomic mass is 35.5. The van der Waals surface area contributed by atoms with Gasteiger partial charge >= 0.3 is 15.2 Å². The highest BCUT2D eigenvalue weighted by Crippen LogP contribution is 2.57. The molecule has 0 amide bonds. The monoisotopic (exact) mass is 593 g/mol. The Morgan fingerprint density at radius 3 is 2.32 bits per heavy atom. The van der Waals surface area contributed by atoms with E-state index >= 15 is 0 Å². The number of anilines is 1. The van der Waals surface area contributed by atoms with Crippen LogP contribution in [0.5, 0.6) is 0 Å². The van der Waals surface area contributed by atoms with Gasteiger partial charge in [0.2, 0.25) is 5.28 Å². The molecule has 17 heteroatoms. The van der Waals surface area contributed by atoms with Crippen molar-refractivity contribution in [1.82, 2.24) is 19.5 Å². The van der Waals surface area contributed by atoms with Crippen molar-refractivity contribution in [3.8, 4) is 0 Å². The molecule has 0 aromatic carbocycles. The number of halogens is 1. The number of hydrogen-bond acceptors (Lipinski definition) is 10. The number of aromatic nitrogens is 4. The van der Waals surface area contributed by atoms with E-state index in [0.29, 0.717) is 29.1 Å². The second-order valence-corrected chi connectivity index (χ2v) is 15.6. The lowest BCUT2D eigenvalue weighted by Crippen LogP contribution is -2.54. The number of fused-ring (bicyclic) bond motifs is 1. The maximum atomic E-state index is 12.0. The third-order valence-corrected chi connectivity index (χ3v) is 11.9. The van der Waals surface area contributed by atoms with Crippen molar-refractivity contribution in [3.05, 3.63) is 11.6 Å². The summed E-state index contributed by atoms with van der Waals surface area (Å²) in [6.07, 6.45) is 2.94. The fraction of sp³-hybridized carbons (Fsp3) is 0.762. The van der Waals surface area contributed by atoms with Gasteiger partial charge in [-0.15, -0.1) is 0 Å². The molecule has 4 bridgehead atoms. The van der Waals surface area contributed by atoms with Crippen LogP contribution in [0.4, 0.5) is 5.82 Å². The number of rotatable bonds is 8. The summed E-state index contributed by atoms with van der Waals surface area (Å²) in [7, 11) is -9.50. The second kappa shape index (κ2) is 9.44. The predicted octanol–water partition coefficient (Wildman–Crippen LogP) is 1.82. The number of nitrogens with zero attached hydrogens (tertiary/aromatic N) is 4. The molecule has 1 saturated heterocycles. The van der Waals surface area contributed by atoms with E-state index in [4.69, 9.17) is 30.6 Å². The molecule has 3 heterocycles. The normalized spacial score (nSPS) is 38.1. The predicted molar refractivity (Wildman–Crippen MR) is 133 cm³/mol. The van der Waals surface area contributed by atoms with Crippen LogP contribution >= 0.6 is 26.8 Å². The van der Waals surface area contributed by atoms with E-state index in [1.54, 1.807) is 0 Å². The van der Waals surface area contributed by atoms with Crippen LogP contribution in [0.3, 0.4) is 0 Å². The molecule has 38 heavy (non-hydrogen) atoms. The fourth-order valence-electron chi connectivity index (χ4n) is 7.24. The van der Waals surface area contributed by atoms with Crippen LogP contribution in [0, 0.1) is 17.8 Å². The molecule has 5 fully saturated rings. The van der Waals surface area contributed by atoms with Gasteiger partial charge in [0, 0.05) is 5.54 Å². The van der Waals surface area contributed by atoms with Gasteiger partial charge in [0.15, 0.2) is 29.1 Å². The molecule has 2 unspecified atom stereocenters. The largest absolute Gasteiger partial charge is 0.387 e. The van der Waals surface area contributed by atoms with Crippen LogP contribution < -0.4 is 5.32 Å². The van der Waals surface area contributed by atoms with E-state index in [1.165, 1.54) is 30.2 Å². The highest BCUT2D eigenvalue weighted by Gasteiger charge is 2.51. The summed E-state index contributed by atoms with van der Waals surface area (Å²) in [6, 6.07) is 0. The lowest BCUT2D eigenvalue weighted by molar-refractivity contribution is -0.0483.